The fraction of sp³-hybridized carbons (Fsp3) is 0.200. The van der Waals surface area contributed by atoms with Crippen LogP contribution >= 0.6 is 27.3 Å². The molecule has 0 spiro atoms. The van der Waals surface area contributed by atoms with E-state index in [2.05, 4.69) is 21.2 Å². The van der Waals surface area contributed by atoms with Gasteiger partial charge in [-0.3, -0.25) is 4.79 Å². The summed E-state index contributed by atoms with van der Waals surface area (Å²) in [5.41, 5.74) is 1.43. The lowest BCUT2D eigenvalue weighted by Crippen LogP contribution is -2.13. The summed E-state index contributed by atoms with van der Waals surface area (Å²) in [6.45, 7) is 4.01. The van der Waals surface area contributed by atoms with Crippen LogP contribution in [0, 0.1) is 6.92 Å². The van der Waals surface area contributed by atoms with Gasteiger partial charge in [-0.1, -0.05) is 22.9 Å². The van der Waals surface area contributed by atoms with Crippen molar-refractivity contribution >= 4 is 44.8 Å². The molecule has 0 saturated carbocycles. The zero-order chi connectivity index (χ0) is 15.6. The van der Waals surface area contributed by atoms with Crippen LogP contribution in [-0.4, -0.2) is 17.0 Å². The lowest BCUT2D eigenvalue weighted by Gasteiger charge is -2.08. The summed E-state index contributed by atoms with van der Waals surface area (Å²) in [6, 6.07) is 6.50. The first-order chi connectivity index (χ1) is 9.92. The number of amides is 1. The summed E-state index contributed by atoms with van der Waals surface area (Å²) in [6.07, 6.45) is 0.876. The molecule has 2 N–H and O–H groups in total. The molecule has 0 radical (unpaired) electrons. The third kappa shape index (κ3) is 3.51. The molecule has 4 nitrogen and oxygen atoms in total. The first-order valence-corrected chi connectivity index (χ1v) is 7.96. The number of halogens is 1. The lowest BCUT2D eigenvalue weighted by molar-refractivity contribution is 0.0698. The van der Waals surface area contributed by atoms with Gasteiger partial charge in [-0.25, -0.2) is 4.79 Å². The van der Waals surface area contributed by atoms with E-state index in [1.165, 1.54) is 17.4 Å². The van der Waals surface area contributed by atoms with Crippen LogP contribution < -0.4 is 5.32 Å². The number of benzene rings is 1. The van der Waals surface area contributed by atoms with Crippen molar-refractivity contribution in [3.8, 4) is 0 Å². The van der Waals surface area contributed by atoms with Gasteiger partial charge in [0.05, 0.1) is 16.1 Å². The van der Waals surface area contributed by atoms with Crippen molar-refractivity contribution in [2.75, 3.05) is 5.32 Å². The highest BCUT2D eigenvalue weighted by atomic mass is 79.9. The van der Waals surface area contributed by atoms with Crippen LogP contribution in [0.25, 0.3) is 0 Å². The number of nitrogens with one attached hydrogen (secondary N) is 1. The number of hydrogen-bond donors (Lipinski definition) is 2. The van der Waals surface area contributed by atoms with Crippen molar-refractivity contribution in [1.29, 1.82) is 0 Å². The van der Waals surface area contributed by atoms with Gasteiger partial charge >= 0.3 is 5.97 Å². The van der Waals surface area contributed by atoms with Crippen LogP contribution in [-0.2, 0) is 6.42 Å². The Kier molecular flexibility index (Phi) is 4.80. The van der Waals surface area contributed by atoms with E-state index in [0.29, 0.717) is 9.35 Å². The number of rotatable bonds is 4. The predicted octanol–water partition coefficient (Wildman–Crippen LogP) is 4.33. The first-order valence-electron chi connectivity index (χ1n) is 6.36. The maximum absolute atomic E-state index is 12.3. The monoisotopic (exact) mass is 367 g/mol. The molecule has 2 rings (SSSR count). The van der Waals surface area contributed by atoms with Gasteiger partial charge in [0.1, 0.15) is 0 Å². The Hall–Kier alpha value is -1.66. The Balaban J connectivity index is 2.30. The molecule has 0 aliphatic carbocycles. The predicted molar refractivity (Wildman–Crippen MR) is 87.5 cm³/mol. The third-order valence-corrected chi connectivity index (χ3v) is 4.90. The molecular formula is C15H14BrNO3S. The molecule has 0 aliphatic heterocycles. The Bertz CT molecular complexity index is 709. The SMILES string of the molecule is CCc1sc(C(=O)Nc2cc(Br)ccc2C(=O)O)cc1C. The van der Waals surface area contributed by atoms with Gasteiger partial charge in [0.25, 0.3) is 5.91 Å². The minimum atomic E-state index is -1.07. The van der Waals surface area contributed by atoms with Gasteiger partial charge in [0.15, 0.2) is 0 Å². The largest absolute Gasteiger partial charge is 0.478 e. The summed E-state index contributed by atoms with van der Waals surface area (Å²) >= 11 is 4.71. The summed E-state index contributed by atoms with van der Waals surface area (Å²) in [7, 11) is 0. The second kappa shape index (κ2) is 6.41. The minimum absolute atomic E-state index is 0.0653. The number of hydrogen-bond acceptors (Lipinski definition) is 3. The van der Waals surface area contributed by atoms with Crippen LogP contribution in [0.15, 0.2) is 28.7 Å². The molecule has 1 aromatic heterocycles. The quantitative estimate of drug-likeness (QED) is 0.844. The molecule has 0 unspecified atom stereocenters. The molecule has 1 heterocycles. The fourth-order valence-corrected chi connectivity index (χ4v) is 3.34. The molecule has 0 fully saturated rings. The maximum atomic E-state index is 12.3. The summed E-state index contributed by atoms with van der Waals surface area (Å²) in [5.74, 6) is -1.36. The average molecular weight is 368 g/mol. The highest BCUT2D eigenvalue weighted by Crippen LogP contribution is 2.26. The van der Waals surface area contributed by atoms with Gasteiger partial charge in [-0.15, -0.1) is 11.3 Å². The van der Waals surface area contributed by atoms with Crippen molar-refractivity contribution in [3.63, 3.8) is 0 Å². The highest BCUT2D eigenvalue weighted by molar-refractivity contribution is 9.10. The second-order valence-electron chi connectivity index (χ2n) is 4.52. The van der Waals surface area contributed by atoms with Crippen molar-refractivity contribution in [3.05, 3.63) is 49.6 Å². The summed E-state index contributed by atoms with van der Waals surface area (Å²) in [5, 5.41) is 11.8. The van der Waals surface area contributed by atoms with E-state index in [1.54, 1.807) is 12.1 Å². The zero-order valence-corrected chi connectivity index (χ0v) is 14.0. The second-order valence-corrected chi connectivity index (χ2v) is 6.57. The van der Waals surface area contributed by atoms with E-state index in [-0.39, 0.29) is 17.2 Å². The molecule has 110 valence electrons. The molecule has 0 aliphatic rings. The van der Waals surface area contributed by atoms with E-state index in [4.69, 9.17) is 5.11 Å². The summed E-state index contributed by atoms with van der Waals surface area (Å²) in [4.78, 5) is 25.2. The maximum Gasteiger partial charge on any atom is 0.337 e. The lowest BCUT2D eigenvalue weighted by atomic mass is 10.1. The number of thiophene rings is 1. The topological polar surface area (TPSA) is 66.4 Å². The molecule has 1 amide bonds. The Labute approximate surface area is 134 Å². The van der Waals surface area contributed by atoms with Crippen LogP contribution in [0.3, 0.4) is 0 Å². The Morgan fingerprint density at radius 1 is 1.33 bits per heavy atom. The van der Waals surface area contributed by atoms with Gasteiger partial charge in [0.2, 0.25) is 0 Å². The van der Waals surface area contributed by atoms with Gasteiger partial charge in [-0.2, -0.15) is 0 Å². The van der Waals surface area contributed by atoms with Crippen molar-refractivity contribution in [2.24, 2.45) is 0 Å². The number of aromatic carboxylic acids is 1. The molecule has 0 saturated heterocycles. The van der Waals surface area contributed by atoms with Crippen molar-refractivity contribution < 1.29 is 14.7 Å². The normalized spacial score (nSPS) is 10.4. The van der Waals surface area contributed by atoms with Crippen molar-refractivity contribution in [2.45, 2.75) is 20.3 Å². The fourth-order valence-electron chi connectivity index (χ4n) is 1.97. The molecular weight excluding hydrogens is 354 g/mol. The minimum Gasteiger partial charge on any atom is -0.478 e. The number of carboxylic acids is 1. The molecule has 1 aromatic carbocycles. The number of carboxylic acid groups (broad SMARTS) is 1. The molecule has 6 heteroatoms. The number of carbonyl (C=O) groups is 2. The van der Waals surface area contributed by atoms with Gasteiger partial charge in [-0.05, 0) is 43.2 Å². The van der Waals surface area contributed by atoms with E-state index in [1.807, 2.05) is 19.9 Å². The Morgan fingerprint density at radius 3 is 2.62 bits per heavy atom. The van der Waals surface area contributed by atoms with E-state index < -0.39 is 5.97 Å². The van der Waals surface area contributed by atoms with Gasteiger partial charge in [0, 0.05) is 9.35 Å². The van der Waals surface area contributed by atoms with Crippen LogP contribution in [0.5, 0.6) is 0 Å². The van der Waals surface area contributed by atoms with Crippen molar-refractivity contribution in [1.82, 2.24) is 0 Å². The van der Waals surface area contributed by atoms with Crippen LogP contribution in [0.1, 0.15) is 37.4 Å². The third-order valence-electron chi connectivity index (χ3n) is 3.03. The molecule has 0 atom stereocenters. The van der Waals surface area contributed by atoms with Crippen LogP contribution in [0.4, 0.5) is 5.69 Å². The molecule has 0 bridgehead atoms. The highest BCUT2D eigenvalue weighted by Gasteiger charge is 2.16. The molecule has 21 heavy (non-hydrogen) atoms. The van der Waals surface area contributed by atoms with E-state index in [0.717, 1.165) is 16.9 Å². The van der Waals surface area contributed by atoms with Gasteiger partial charge < -0.3 is 10.4 Å². The first kappa shape index (κ1) is 15.7. The molecule has 2 aromatic rings. The van der Waals surface area contributed by atoms with E-state index in [9.17, 15) is 9.59 Å². The average Bonchev–Trinajstić information content (AvgIpc) is 2.79. The number of aryl methyl sites for hydroxylation is 2. The Morgan fingerprint density at radius 2 is 2.05 bits per heavy atom. The zero-order valence-electron chi connectivity index (χ0n) is 11.6. The summed E-state index contributed by atoms with van der Waals surface area (Å²) < 4.78 is 0.708. The van der Waals surface area contributed by atoms with Crippen LogP contribution in [0.2, 0.25) is 0 Å². The number of carbonyl (C=O) groups excluding carboxylic acids is 1. The number of anilines is 1. The smallest absolute Gasteiger partial charge is 0.337 e. The van der Waals surface area contributed by atoms with E-state index >= 15 is 0 Å². The standard InChI is InChI=1S/C15H14BrNO3S/c1-3-12-8(2)6-13(21-12)14(18)17-11-7-9(16)4-5-10(11)15(19)20/h4-7H,3H2,1-2H3,(H,17,18)(H,19,20).